The molecular weight excluding hydrogens is 348 g/mol. The fraction of sp³-hybridized carbons (Fsp3) is 1.00. The van der Waals surface area contributed by atoms with Crippen LogP contribution in [-0.4, -0.2) is 4.87 Å². The first-order valence-corrected chi connectivity index (χ1v) is 13.1. The summed E-state index contributed by atoms with van der Waals surface area (Å²) in [7, 11) is 0. The molecule has 1 rings (SSSR count). The van der Waals surface area contributed by atoms with Crippen molar-refractivity contribution in [1.29, 1.82) is 0 Å². The van der Waals surface area contributed by atoms with Crippen molar-refractivity contribution < 1.29 is 0 Å². The third-order valence-electron chi connectivity index (χ3n) is 6.97. The molecule has 0 aromatic carbocycles. The van der Waals surface area contributed by atoms with Crippen LogP contribution in [0.1, 0.15) is 149 Å². The monoisotopic (exact) mass is 398 g/mol. The van der Waals surface area contributed by atoms with Gasteiger partial charge < -0.3 is 0 Å². The standard InChI is InChI=1S/C26H51Cl/c1-4-5-6-7-8-9-10-11-12-13-14-15-16-20-23-25(26(2,3)27)24-21-18-17-19-22-24/h24-25H,4-23H2,1-3H3. The molecule has 0 aliphatic heterocycles. The number of rotatable bonds is 17. The van der Waals surface area contributed by atoms with Crippen molar-refractivity contribution in [3.63, 3.8) is 0 Å². The molecule has 1 aliphatic rings. The van der Waals surface area contributed by atoms with Crippen LogP contribution >= 0.6 is 11.6 Å². The van der Waals surface area contributed by atoms with Crippen LogP contribution < -0.4 is 0 Å². The number of hydrogen-bond donors (Lipinski definition) is 0. The average Bonchev–Trinajstić information content (AvgIpc) is 2.64. The summed E-state index contributed by atoms with van der Waals surface area (Å²) in [5.74, 6) is 1.63. The summed E-state index contributed by atoms with van der Waals surface area (Å²) in [6.45, 7) is 6.82. The minimum Gasteiger partial charge on any atom is -0.120 e. The molecule has 0 nitrogen and oxygen atoms in total. The van der Waals surface area contributed by atoms with Crippen LogP contribution in [0.3, 0.4) is 0 Å². The van der Waals surface area contributed by atoms with E-state index in [1.54, 1.807) is 0 Å². The maximum absolute atomic E-state index is 6.79. The highest BCUT2D eigenvalue weighted by molar-refractivity contribution is 6.23. The van der Waals surface area contributed by atoms with E-state index in [1.807, 2.05) is 0 Å². The lowest BCUT2D eigenvalue weighted by Crippen LogP contribution is -2.33. The molecule has 0 N–H and O–H groups in total. The van der Waals surface area contributed by atoms with Gasteiger partial charge >= 0.3 is 0 Å². The summed E-state index contributed by atoms with van der Waals surface area (Å²) in [5.41, 5.74) is 0. The van der Waals surface area contributed by atoms with Gasteiger partial charge in [-0.05, 0) is 32.1 Å². The Morgan fingerprint density at radius 1 is 0.667 bits per heavy atom. The van der Waals surface area contributed by atoms with E-state index in [0.29, 0.717) is 0 Å². The van der Waals surface area contributed by atoms with Crippen LogP contribution in [-0.2, 0) is 0 Å². The summed E-state index contributed by atoms with van der Waals surface area (Å²) in [5, 5.41) is 0. The Hall–Kier alpha value is 0.290. The summed E-state index contributed by atoms with van der Waals surface area (Å²) in [4.78, 5) is -0.0153. The van der Waals surface area contributed by atoms with Gasteiger partial charge in [-0.3, -0.25) is 0 Å². The zero-order valence-corrected chi connectivity index (χ0v) is 19.9. The van der Waals surface area contributed by atoms with Crippen molar-refractivity contribution in [3.8, 4) is 0 Å². The first-order valence-electron chi connectivity index (χ1n) is 12.7. The summed E-state index contributed by atoms with van der Waals surface area (Å²) in [6, 6.07) is 0. The number of halogens is 1. The van der Waals surface area contributed by atoms with Crippen LogP contribution in [0.4, 0.5) is 0 Å². The summed E-state index contributed by atoms with van der Waals surface area (Å²) >= 11 is 6.79. The van der Waals surface area contributed by atoms with E-state index < -0.39 is 0 Å². The first-order chi connectivity index (χ1) is 13.1. The Morgan fingerprint density at radius 2 is 1.07 bits per heavy atom. The predicted octanol–water partition coefficient (Wildman–Crippen LogP) is 10.1. The molecule has 0 radical (unpaired) electrons. The zero-order valence-electron chi connectivity index (χ0n) is 19.2. The molecule has 1 atom stereocenters. The minimum atomic E-state index is -0.0153. The molecule has 162 valence electrons. The van der Waals surface area contributed by atoms with Crippen molar-refractivity contribution in [2.75, 3.05) is 0 Å². The Balaban J connectivity index is 1.95. The molecule has 0 spiro atoms. The fourth-order valence-corrected chi connectivity index (χ4v) is 5.52. The van der Waals surface area contributed by atoms with E-state index in [2.05, 4.69) is 20.8 Å². The molecule has 0 amide bonds. The Labute approximate surface area is 177 Å². The molecule has 1 aliphatic carbocycles. The van der Waals surface area contributed by atoms with Gasteiger partial charge in [0.05, 0.1) is 0 Å². The average molecular weight is 399 g/mol. The molecule has 1 heteroatoms. The van der Waals surface area contributed by atoms with Gasteiger partial charge in [0.25, 0.3) is 0 Å². The van der Waals surface area contributed by atoms with Crippen LogP contribution in [0.25, 0.3) is 0 Å². The van der Waals surface area contributed by atoms with Gasteiger partial charge in [-0.15, -0.1) is 11.6 Å². The lowest BCUT2D eigenvalue weighted by Gasteiger charge is -2.37. The van der Waals surface area contributed by atoms with E-state index in [-0.39, 0.29) is 4.87 Å². The van der Waals surface area contributed by atoms with E-state index in [4.69, 9.17) is 11.6 Å². The molecule has 27 heavy (non-hydrogen) atoms. The Morgan fingerprint density at radius 3 is 1.48 bits per heavy atom. The molecule has 1 saturated carbocycles. The highest BCUT2D eigenvalue weighted by Gasteiger charge is 2.33. The fourth-order valence-electron chi connectivity index (χ4n) is 5.23. The maximum Gasteiger partial charge on any atom is 0.0421 e. The Bertz CT molecular complexity index is 311. The molecule has 0 saturated heterocycles. The van der Waals surface area contributed by atoms with E-state index >= 15 is 0 Å². The highest BCUT2D eigenvalue weighted by atomic mass is 35.5. The SMILES string of the molecule is CCCCCCCCCCCCCCCCC(C1CCCCC1)C(C)(C)Cl. The Kier molecular flexibility index (Phi) is 15.1. The third kappa shape index (κ3) is 13.2. The van der Waals surface area contributed by atoms with Crippen molar-refractivity contribution in [2.45, 2.75) is 154 Å². The number of alkyl halides is 1. The molecule has 0 aromatic heterocycles. The van der Waals surface area contributed by atoms with Gasteiger partial charge in [-0.1, -0.05) is 129 Å². The van der Waals surface area contributed by atoms with Crippen LogP contribution in [0.15, 0.2) is 0 Å². The molecule has 1 unspecified atom stereocenters. The largest absolute Gasteiger partial charge is 0.120 e. The molecular formula is C26H51Cl. The van der Waals surface area contributed by atoms with Gasteiger partial charge in [-0.25, -0.2) is 0 Å². The van der Waals surface area contributed by atoms with Gasteiger partial charge in [0.15, 0.2) is 0 Å². The van der Waals surface area contributed by atoms with Crippen LogP contribution in [0, 0.1) is 11.8 Å². The van der Waals surface area contributed by atoms with Crippen LogP contribution in [0.5, 0.6) is 0 Å². The molecule has 0 bridgehead atoms. The minimum absolute atomic E-state index is 0.0153. The normalized spacial score (nSPS) is 17.3. The first kappa shape index (κ1) is 25.3. The second-order valence-corrected chi connectivity index (χ2v) is 10.9. The summed E-state index contributed by atoms with van der Waals surface area (Å²) in [6.07, 6.45) is 28.8. The van der Waals surface area contributed by atoms with Gasteiger partial charge in [0.1, 0.15) is 0 Å². The van der Waals surface area contributed by atoms with E-state index in [9.17, 15) is 0 Å². The second kappa shape index (κ2) is 16.1. The summed E-state index contributed by atoms with van der Waals surface area (Å²) < 4.78 is 0. The second-order valence-electron chi connectivity index (χ2n) is 9.95. The topological polar surface area (TPSA) is 0 Å². The number of hydrogen-bond acceptors (Lipinski definition) is 0. The molecule has 0 heterocycles. The lowest BCUT2D eigenvalue weighted by atomic mass is 9.72. The van der Waals surface area contributed by atoms with Gasteiger partial charge in [0.2, 0.25) is 0 Å². The predicted molar refractivity (Wildman–Crippen MR) is 125 cm³/mol. The van der Waals surface area contributed by atoms with Crippen molar-refractivity contribution in [1.82, 2.24) is 0 Å². The van der Waals surface area contributed by atoms with E-state index in [0.717, 1.165) is 11.8 Å². The number of unbranched alkanes of at least 4 members (excludes halogenated alkanes) is 13. The van der Waals surface area contributed by atoms with Crippen molar-refractivity contribution >= 4 is 11.6 Å². The van der Waals surface area contributed by atoms with Gasteiger partial charge in [-0.2, -0.15) is 0 Å². The third-order valence-corrected chi connectivity index (χ3v) is 7.25. The smallest absolute Gasteiger partial charge is 0.0421 e. The van der Waals surface area contributed by atoms with Crippen LogP contribution in [0.2, 0.25) is 0 Å². The van der Waals surface area contributed by atoms with Gasteiger partial charge in [0, 0.05) is 4.87 Å². The zero-order chi connectivity index (χ0) is 19.8. The van der Waals surface area contributed by atoms with Crippen molar-refractivity contribution in [3.05, 3.63) is 0 Å². The van der Waals surface area contributed by atoms with Crippen molar-refractivity contribution in [2.24, 2.45) is 11.8 Å². The maximum atomic E-state index is 6.79. The quantitative estimate of drug-likeness (QED) is 0.169. The highest BCUT2D eigenvalue weighted by Crippen LogP contribution is 2.41. The molecule has 0 aromatic rings. The lowest BCUT2D eigenvalue weighted by molar-refractivity contribution is 0.194. The molecule has 1 fully saturated rings. The van der Waals surface area contributed by atoms with E-state index in [1.165, 1.54) is 128 Å².